The highest BCUT2D eigenvalue weighted by atomic mass is 127. The molecule has 0 saturated heterocycles. The molecule has 2 saturated carbocycles. The molecular weight excluding hydrogens is 497 g/mol. The van der Waals surface area contributed by atoms with E-state index in [1.54, 1.807) is 17.8 Å². The van der Waals surface area contributed by atoms with Crippen LogP contribution in [-0.4, -0.2) is 11.6 Å². The van der Waals surface area contributed by atoms with Crippen LogP contribution >= 0.6 is 0 Å². The van der Waals surface area contributed by atoms with Gasteiger partial charge in [0, 0.05) is 11.5 Å². The summed E-state index contributed by atoms with van der Waals surface area (Å²) in [5, 5.41) is 0. The van der Waals surface area contributed by atoms with Gasteiger partial charge in [-0.1, -0.05) is 37.1 Å². The number of aryl methyl sites for hydroxylation is 2. The molecule has 0 bridgehead atoms. The number of esters is 1. The smallest absolute Gasteiger partial charge is 0.345 e. The van der Waals surface area contributed by atoms with Gasteiger partial charge in [-0.2, -0.15) is 0 Å². The van der Waals surface area contributed by atoms with Gasteiger partial charge < -0.3 is 28.7 Å². The minimum atomic E-state index is -0.814. The van der Waals surface area contributed by atoms with Gasteiger partial charge in [-0.3, -0.25) is 0 Å². The van der Waals surface area contributed by atoms with Crippen LogP contribution in [-0.2, 0) is 18.2 Å². The van der Waals surface area contributed by atoms with Crippen LogP contribution in [0.25, 0.3) is 0 Å². The molecule has 3 aliphatic carbocycles. The van der Waals surface area contributed by atoms with E-state index in [4.69, 9.17) is 11.2 Å². The van der Waals surface area contributed by atoms with E-state index in [0.29, 0.717) is 23.3 Å². The zero-order chi connectivity index (χ0) is 20.9. The van der Waals surface area contributed by atoms with E-state index in [9.17, 15) is 4.79 Å². The average Bonchev–Trinajstić information content (AvgIpc) is 3.06. The molecule has 3 nitrogen and oxygen atoms in total. The van der Waals surface area contributed by atoms with Crippen LogP contribution in [0, 0.1) is 29.6 Å². The largest absolute Gasteiger partial charge is 1.00 e. The number of carbonyl (C=O) groups is 1. The predicted octanol–water partition coefficient (Wildman–Crippen LogP) is 1.60. The highest BCUT2D eigenvalue weighted by Crippen LogP contribution is 2.65. The monoisotopic (exact) mass is 527 g/mol. The summed E-state index contributed by atoms with van der Waals surface area (Å²) in [7, 11) is 1.91. The molecule has 2 fully saturated rings. The lowest BCUT2D eigenvalue weighted by molar-refractivity contribution is -0.671. The first-order valence-electron chi connectivity index (χ1n) is 11.2. The number of hydrogen-bond acceptors (Lipinski definition) is 2. The maximum Gasteiger partial charge on any atom is 0.345 e. The molecule has 3 aliphatic rings. The molecule has 1 aromatic carbocycles. The van der Waals surface area contributed by atoms with Crippen LogP contribution in [0.1, 0.15) is 66.4 Å². The van der Waals surface area contributed by atoms with E-state index in [-0.39, 0.29) is 35.4 Å². The SMILES string of the molecule is C#C[C@@]1(OC(=O)c2ccc[n+](C)c2)CC[C@H]2[C@@H]3CCc4ccccc4[C@H]3CC[C@@]21C.[I-]. The molecule has 1 aromatic heterocycles. The number of rotatable bonds is 2. The Morgan fingerprint density at radius 2 is 1.97 bits per heavy atom. The van der Waals surface area contributed by atoms with Gasteiger partial charge in [-0.25, -0.2) is 9.36 Å². The standard InChI is InChI=1S/C27H30NO2.HI/c1-4-27(30-25(29)20-9-7-17-28(3)18-20)16-14-24-23-12-11-19-8-5-6-10-21(19)22(23)13-15-26(24,27)2;/h1,5-10,17-18,22-24H,11-16H2,2-3H3;1H/q+1;/p-1/t22-,23-,24+,26+,27-;/m1./s1. The fourth-order valence-electron chi connectivity index (χ4n) is 6.88. The van der Waals surface area contributed by atoms with E-state index in [2.05, 4.69) is 37.1 Å². The second kappa shape index (κ2) is 8.24. The molecule has 31 heavy (non-hydrogen) atoms. The van der Waals surface area contributed by atoms with Crippen molar-refractivity contribution in [3.63, 3.8) is 0 Å². The Morgan fingerprint density at radius 1 is 1.16 bits per heavy atom. The fourth-order valence-corrected chi connectivity index (χ4v) is 6.88. The Hall–Kier alpha value is -1.87. The number of halogens is 1. The van der Waals surface area contributed by atoms with Crippen LogP contribution in [0.5, 0.6) is 0 Å². The summed E-state index contributed by atoms with van der Waals surface area (Å²) >= 11 is 0. The molecule has 0 unspecified atom stereocenters. The van der Waals surface area contributed by atoms with Crippen molar-refractivity contribution in [3.05, 3.63) is 65.5 Å². The van der Waals surface area contributed by atoms with Crippen molar-refractivity contribution in [2.24, 2.45) is 24.3 Å². The summed E-state index contributed by atoms with van der Waals surface area (Å²) < 4.78 is 8.09. The topological polar surface area (TPSA) is 30.2 Å². The van der Waals surface area contributed by atoms with Crippen LogP contribution in [0.15, 0.2) is 48.8 Å². The number of pyridine rings is 1. The molecule has 5 atom stereocenters. The molecule has 1 heterocycles. The maximum absolute atomic E-state index is 13.0. The molecule has 0 N–H and O–H groups in total. The number of terminal acetylenes is 1. The van der Waals surface area contributed by atoms with Crippen molar-refractivity contribution < 1.29 is 38.1 Å². The van der Waals surface area contributed by atoms with Crippen molar-refractivity contribution >= 4 is 5.97 Å². The van der Waals surface area contributed by atoms with Gasteiger partial charge in [-0.15, -0.1) is 6.42 Å². The Labute approximate surface area is 202 Å². The minimum Gasteiger partial charge on any atom is -1.00 e. The highest BCUT2D eigenvalue weighted by molar-refractivity contribution is 5.89. The predicted molar refractivity (Wildman–Crippen MR) is 116 cm³/mol. The average molecular weight is 527 g/mol. The Morgan fingerprint density at radius 3 is 2.74 bits per heavy atom. The van der Waals surface area contributed by atoms with Gasteiger partial charge in [0.2, 0.25) is 0 Å². The number of carbonyl (C=O) groups excluding carboxylic acids is 1. The summed E-state index contributed by atoms with van der Waals surface area (Å²) in [6.07, 6.45) is 16.1. The fraction of sp³-hybridized carbons (Fsp3) is 0.481. The summed E-state index contributed by atoms with van der Waals surface area (Å²) in [6, 6.07) is 12.6. The number of fused-ring (bicyclic) bond motifs is 5. The van der Waals surface area contributed by atoms with Crippen molar-refractivity contribution in [3.8, 4) is 12.3 Å². The van der Waals surface area contributed by atoms with Gasteiger partial charge in [0.05, 0.1) is 0 Å². The molecule has 0 amide bonds. The summed E-state index contributed by atoms with van der Waals surface area (Å²) in [6.45, 7) is 2.29. The maximum atomic E-state index is 13.0. The van der Waals surface area contributed by atoms with Crippen molar-refractivity contribution in [1.29, 1.82) is 0 Å². The number of ether oxygens (including phenoxy) is 1. The highest BCUT2D eigenvalue weighted by Gasteiger charge is 2.63. The van der Waals surface area contributed by atoms with Crippen molar-refractivity contribution in [2.45, 2.75) is 57.0 Å². The van der Waals surface area contributed by atoms with Gasteiger partial charge in [0.25, 0.3) is 0 Å². The minimum absolute atomic E-state index is 0. The second-order valence-corrected chi connectivity index (χ2v) is 9.73. The zero-order valence-corrected chi connectivity index (χ0v) is 20.5. The van der Waals surface area contributed by atoms with E-state index in [1.807, 2.05) is 23.9 Å². The number of nitrogens with zero attached hydrogens (tertiary/aromatic N) is 1. The molecule has 0 radical (unpaired) electrons. The van der Waals surface area contributed by atoms with Gasteiger partial charge in [0.1, 0.15) is 12.6 Å². The lowest BCUT2D eigenvalue weighted by Gasteiger charge is -2.52. The number of aromatic nitrogens is 1. The van der Waals surface area contributed by atoms with Crippen LogP contribution in [0.3, 0.4) is 0 Å². The third-order valence-electron chi connectivity index (χ3n) is 8.43. The van der Waals surface area contributed by atoms with Gasteiger partial charge >= 0.3 is 5.97 Å². The molecular formula is C27H30INO2. The van der Waals surface area contributed by atoms with Crippen LogP contribution < -0.4 is 28.5 Å². The number of benzene rings is 1. The summed E-state index contributed by atoms with van der Waals surface area (Å²) in [5.74, 6) is 4.44. The first kappa shape index (κ1) is 22.3. The lowest BCUT2D eigenvalue weighted by atomic mass is 9.53. The molecule has 5 rings (SSSR count). The normalized spacial score (nSPS) is 33.1. The Bertz CT molecular complexity index is 1040. The quantitative estimate of drug-likeness (QED) is 0.257. The second-order valence-electron chi connectivity index (χ2n) is 9.73. The van der Waals surface area contributed by atoms with Crippen LogP contribution in [0.4, 0.5) is 0 Å². The first-order chi connectivity index (χ1) is 14.5. The van der Waals surface area contributed by atoms with Crippen molar-refractivity contribution in [1.82, 2.24) is 0 Å². The summed E-state index contributed by atoms with van der Waals surface area (Å²) in [4.78, 5) is 13.0. The molecule has 2 aromatic rings. The van der Waals surface area contributed by atoms with Gasteiger partial charge in [0.15, 0.2) is 18.0 Å². The molecule has 162 valence electrons. The first-order valence-corrected chi connectivity index (χ1v) is 11.2. The molecule has 0 aliphatic heterocycles. The van der Waals surface area contributed by atoms with Gasteiger partial charge in [-0.05, 0) is 73.5 Å². The van der Waals surface area contributed by atoms with E-state index < -0.39 is 5.60 Å². The molecule has 4 heteroatoms. The molecule has 0 spiro atoms. The third-order valence-corrected chi connectivity index (χ3v) is 8.43. The zero-order valence-electron chi connectivity index (χ0n) is 18.3. The van der Waals surface area contributed by atoms with E-state index >= 15 is 0 Å². The van der Waals surface area contributed by atoms with Crippen molar-refractivity contribution in [2.75, 3.05) is 0 Å². The van der Waals surface area contributed by atoms with E-state index in [1.165, 1.54) is 12.0 Å². The lowest BCUT2D eigenvalue weighted by Crippen LogP contribution is -3.00. The van der Waals surface area contributed by atoms with E-state index in [0.717, 1.165) is 32.1 Å². The van der Waals surface area contributed by atoms with Crippen LogP contribution in [0.2, 0.25) is 0 Å². The number of hydrogen-bond donors (Lipinski definition) is 0. The summed E-state index contributed by atoms with van der Waals surface area (Å²) in [5.41, 5.74) is 2.64. The Kier molecular flexibility index (Phi) is 5.93. The third kappa shape index (κ3) is 3.40. The Balaban J connectivity index is 0.00000231.